The van der Waals surface area contributed by atoms with E-state index >= 15 is 0 Å². The molecule has 1 fully saturated rings. The molecule has 1 aliphatic rings. The van der Waals surface area contributed by atoms with Crippen molar-refractivity contribution < 1.29 is 25.2 Å². The third kappa shape index (κ3) is 2.79. The Morgan fingerprint density at radius 3 is 2.67 bits per heavy atom. The minimum atomic E-state index is -3.46. The maximum absolute atomic E-state index is 10.7. The lowest BCUT2D eigenvalue weighted by molar-refractivity contribution is 0.174. The van der Waals surface area contributed by atoms with E-state index in [1.807, 2.05) is 0 Å². The highest BCUT2D eigenvalue weighted by molar-refractivity contribution is 7.87. The van der Waals surface area contributed by atoms with Crippen LogP contribution in [0.4, 0.5) is 0 Å². The lowest BCUT2D eigenvalue weighted by Crippen LogP contribution is -2.18. The van der Waals surface area contributed by atoms with Crippen molar-refractivity contribution in [1.82, 2.24) is 0 Å². The molecule has 1 heterocycles. The molecule has 12 heavy (non-hydrogen) atoms. The Morgan fingerprint density at radius 1 is 1.58 bits per heavy atom. The van der Waals surface area contributed by atoms with Crippen LogP contribution in [-0.4, -0.2) is 38.2 Å². The van der Waals surface area contributed by atoms with E-state index in [4.69, 9.17) is 0 Å². The Kier molecular flexibility index (Phi) is 3.18. The van der Waals surface area contributed by atoms with Crippen LogP contribution in [0.15, 0.2) is 0 Å². The molecule has 2 atom stereocenters. The van der Waals surface area contributed by atoms with Crippen molar-refractivity contribution in [3.05, 3.63) is 0 Å². The molecule has 0 bridgehead atoms. The van der Waals surface area contributed by atoms with Gasteiger partial charge in [-0.2, -0.15) is 12.6 Å². The van der Waals surface area contributed by atoms with Gasteiger partial charge in [-0.15, -0.1) is 0 Å². The van der Waals surface area contributed by atoms with E-state index < -0.39 is 27.6 Å². The first-order chi connectivity index (χ1) is 5.53. The molecule has 0 spiro atoms. The predicted molar refractivity (Wildman–Crippen MR) is 39.8 cm³/mol. The molecule has 0 saturated carbocycles. The van der Waals surface area contributed by atoms with Gasteiger partial charge in [0, 0.05) is 0 Å². The SMILES string of the molecule is COS(=O)OC1COS(=O)(=O)C1. The van der Waals surface area contributed by atoms with Gasteiger partial charge in [0.15, 0.2) is 0 Å². The van der Waals surface area contributed by atoms with Gasteiger partial charge in [-0.1, -0.05) is 0 Å². The molecule has 72 valence electrons. The minimum Gasteiger partial charge on any atom is -0.272 e. The van der Waals surface area contributed by atoms with Crippen molar-refractivity contribution in [3.63, 3.8) is 0 Å². The highest BCUT2D eigenvalue weighted by atomic mass is 32.2. The van der Waals surface area contributed by atoms with Crippen molar-refractivity contribution in [1.29, 1.82) is 0 Å². The summed E-state index contributed by atoms with van der Waals surface area (Å²) in [4.78, 5) is 0. The monoisotopic (exact) mass is 216 g/mol. The summed E-state index contributed by atoms with van der Waals surface area (Å²) in [7, 11) is -2.27. The number of hydrogen-bond donors (Lipinski definition) is 0. The highest BCUT2D eigenvalue weighted by Crippen LogP contribution is 2.12. The van der Waals surface area contributed by atoms with Crippen LogP contribution in [0.25, 0.3) is 0 Å². The van der Waals surface area contributed by atoms with E-state index in [0.717, 1.165) is 0 Å². The van der Waals surface area contributed by atoms with Gasteiger partial charge in [-0.05, 0) is 0 Å². The zero-order chi connectivity index (χ0) is 9.19. The molecule has 6 nitrogen and oxygen atoms in total. The van der Waals surface area contributed by atoms with Crippen LogP contribution >= 0.6 is 0 Å². The van der Waals surface area contributed by atoms with E-state index in [0.29, 0.717) is 0 Å². The van der Waals surface area contributed by atoms with E-state index in [-0.39, 0.29) is 12.4 Å². The van der Waals surface area contributed by atoms with E-state index in [2.05, 4.69) is 12.5 Å². The summed E-state index contributed by atoms with van der Waals surface area (Å²) in [5, 5.41) is 0. The lowest BCUT2D eigenvalue weighted by Gasteiger charge is -2.03. The molecule has 0 aliphatic carbocycles. The summed E-state index contributed by atoms with van der Waals surface area (Å²) in [6.45, 7) is -0.0998. The van der Waals surface area contributed by atoms with Crippen LogP contribution in [0.5, 0.6) is 0 Å². The third-order valence-corrected chi connectivity index (χ3v) is 3.15. The van der Waals surface area contributed by atoms with Crippen molar-refractivity contribution in [3.8, 4) is 0 Å². The second kappa shape index (κ2) is 3.79. The normalized spacial score (nSPS) is 30.2. The molecule has 0 aromatic carbocycles. The summed E-state index contributed by atoms with van der Waals surface area (Å²) in [5.74, 6) is -0.276. The second-order valence-electron chi connectivity index (χ2n) is 2.10. The quantitative estimate of drug-likeness (QED) is 0.560. The Bertz CT molecular complexity index is 269. The molecule has 1 aliphatic heterocycles. The largest absolute Gasteiger partial charge is 0.304 e. The molecular weight excluding hydrogens is 208 g/mol. The van der Waals surface area contributed by atoms with Crippen molar-refractivity contribution in [2.75, 3.05) is 19.5 Å². The Labute approximate surface area is 72.8 Å². The number of hydrogen-bond acceptors (Lipinski definition) is 6. The summed E-state index contributed by atoms with van der Waals surface area (Å²) in [6, 6.07) is 0. The van der Waals surface area contributed by atoms with Gasteiger partial charge in [0.25, 0.3) is 10.1 Å². The molecule has 1 rings (SSSR count). The summed E-state index contributed by atoms with van der Waals surface area (Å²) in [6.07, 6.45) is -0.698. The maximum atomic E-state index is 10.7. The molecule has 0 N–H and O–H groups in total. The van der Waals surface area contributed by atoms with E-state index in [1.165, 1.54) is 7.11 Å². The van der Waals surface area contributed by atoms with Gasteiger partial charge < -0.3 is 0 Å². The van der Waals surface area contributed by atoms with Crippen molar-refractivity contribution >= 4 is 21.5 Å². The molecule has 2 unspecified atom stereocenters. The standard InChI is InChI=1S/C4H8O6S2/c1-8-11(5)10-4-2-9-12(6,7)3-4/h4H,2-3H2,1H3. The Hall–Kier alpha value is -0.0200. The molecule has 0 radical (unpaired) electrons. The fourth-order valence-electron chi connectivity index (χ4n) is 0.709. The van der Waals surface area contributed by atoms with Crippen LogP contribution in [0.1, 0.15) is 0 Å². The average molecular weight is 216 g/mol. The van der Waals surface area contributed by atoms with E-state index in [9.17, 15) is 12.6 Å². The zero-order valence-electron chi connectivity index (χ0n) is 6.26. The molecule has 8 heteroatoms. The van der Waals surface area contributed by atoms with Gasteiger partial charge in [0.05, 0.1) is 13.7 Å². The summed E-state index contributed by atoms with van der Waals surface area (Å²) < 4.78 is 45.2. The fraction of sp³-hybridized carbons (Fsp3) is 1.00. The third-order valence-electron chi connectivity index (χ3n) is 1.17. The van der Waals surface area contributed by atoms with Gasteiger partial charge in [-0.3, -0.25) is 12.5 Å². The van der Waals surface area contributed by atoms with Crippen LogP contribution in [-0.2, 0) is 34.0 Å². The first-order valence-corrected chi connectivity index (χ1v) is 5.62. The average Bonchev–Trinajstić information content (AvgIpc) is 2.30. The van der Waals surface area contributed by atoms with Crippen molar-refractivity contribution in [2.45, 2.75) is 6.10 Å². The zero-order valence-corrected chi connectivity index (χ0v) is 7.89. The van der Waals surface area contributed by atoms with Crippen molar-refractivity contribution in [2.24, 2.45) is 0 Å². The van der Waals surface area contributed by atoms with Gasteiger partial charge >= 0.3 is 11.4 Å². The first-order valence-electron chi connectivity index (χ1n) is 3.04. The summed E-state index contributed by atoms with van der Waals surface area (Å²) in [5.41, 5.74) is 0. The van der Waals surface area contributed by atoms with Crippen LogP contribution < -0.4 is 0 Å². The molecule has 1 saturated heterocycles. The topological polar surface area (TPSA) is 78.9 Å². The molecular formula is C4H8O6S2. The van der Waals surface area contributed by atoms with Gasteiger partial charge in [0.1, 0.15) is 11.9 Å². The predicted octanol–water partition coefficient (Wildman–Crippen LogP) is -1.04. The maximum Gasteiger partial charge on any atom is 0.304 e. The molecule has 0 amide bonds. The minimum absolute atomic E-state index is 0.0998. The molecule has 0 aromatic heterocycles. The highest BCUT2D eigenvalue weighted by Gasteiger charge is 2.31. The van der Waals surface area contributed by atoms with Gasteiger partial charge in [-0.25, -0.2) is 0 Å². The first kappa shape index (κ1) is 10.1. The summed E-state index contributed by atoms with van der Waals surface area (Å²) >= 11 is -1.89. The Balaban J connectivity index is 2.43. The number of rotatable bonds is 3. The van der Waals surface area contributed by atoms with Gasteiger partial charge in [0.2, 0.25) is 0 Å². The van der Waals surface area contributed by atoms with Crippen LogP contribution in [0.3, 0.4) is 0 Å². The fourth-order valence-corrected chi connectivity index (χ4v) is 2.29. The molecule has 0 aromatic rings. The van der Waals surface area contributed by atoms with E-state index in [1.54, 1.807) is 0 Å². The van der Waals surface area contributed by atoms with Crippen LogP contribution in [0, 0.1) is 0 Å². The lowest BCUT2D eigenvalue weighted by atomic mass is 10.5. The van der Waals surface area contributed by atoms with Crippen LogP contribution in [0.2, 0.25) is 0 Å². The Morgan fingerprint density at radius 2 is 2.25 bits per heavy atom. The smallest absolute Gasteiger partial charge is 0.272 e. The second-order valence-corrected chi connectivity index (χ2v) is 4.72.